The molecule has 0 fully saturated rings. The molecule has 0 saturated carbocycles. The van der Waals surface area contributed by atoms with E-state index in [1.165, 1.54) is 0 Å². The third kappa shape index (κ3) is 3.81. The Morgan fingerprint density at radius 2 is 1.19 bits per heavy atom. The van der Waals surface area contributed by atoms with Gasteiger partial charge in [-0.2, -0.15) is 0 Å². The summed E-state index contributed by atoms with van der Waals surface area (Å²) in [6.45, 7) is 2.07. The van der Waals surface area contributed by atoms with E-state index in [9.17, 15) is 9.59 Å². The molecule has 1 amide bonds. The average molecular weight is 345 g/mol. The molecule has 3 aromatic carbocycles. The summed E-state index contributed by atoms with van der Waals surface area (Å²) in [6, 6.07) is 25.4. The number of hydrogen-bond donors (Lipinski definition) is 0. The summed E-state index contributed by atoms with van der Waals surface area (Å²) in [5, 5.41) is 0. The van der Waals surface area contributed by atoms with Gasteiger partial charge in [-0.3, -0.25) is 9.69 Å². The van der Waals surface area contributed by atoms with Crippen LogP contribution < -0.4 is 4.90 Å². The second-order valence-electron chi connectivity index (χ2n) is 5.61. The number of rotatable bonds is 5. The normalized spacial score (nSPS) is 10.2. The Hall–Kier alpha value is -3.40. The summed E-state index contributed by atoms with van der Waals surface area (Å²) >= 11 is 0. The summed E-state index contributed by atoms with van der Waals surface area (Å²) in [4.78, 5) is 26.6. The highest BCUT2D eigenvalue weighted by Gasteiger charge is 2.20. The predicted molar refractivity (Wildman–Crippen MR) is 102 cm³/mol. The number of benzene rings is 3. The number of para-hydroxylation sites is 2. The lowest BCUT2D eigenvalue weighted by Gasteiger charge is -2.23. The molecule has 26 heavy (non-hydrogen) atoms. The number of nitrogens with zero attached hydrogens (tertiary/aromatic N) is 1. The number of anilines is 2. The topological polar surface area (TPSA) is 46.6 Å². The van der Waals surface area contributed by atoms with Crippen LogP contribution in [-0.2, 0) is 4.74 Å². The molecule has 0 unspecified atom stereocenters. The first kappa shape index (κ1) is 17.4. The molecule has 3 aromatic rings. The van der Waals surface area contributed by atoms with Gasteiger partial charge in [0.25, 0.3) is 5.91 Å². The molecule has 0 radical (unpaired) electrons. The Labute approximate surface area is 152 Å². The van der Waals surface area contributed by atoms with Crippen molar-refractivity contribution in [1.82, 2.24) is 0 Å². The van der Waals surface area contributed by atoms with Gasteiger partial charge in [0.2, 0.25) is 0 Å². The number of amides is 1. The summed E-state index contributed by atoms with van der Waals surface area (Å²) < 4.78 is 4.98. The Kier molecular flexibility index (Phi) is 5.44. The van der Waals surface area contributed by atoms with Crippen molar-refractivity contribution >= 4 is 23.3 Å². The summed E-state index contributed by atoms with van der Waals surface area (Å²) in [5.41, 5.74) is 2.47. The van der Waals surface area contributed by atoms with Crippen LogP contribution in [0.3, 0.4) is 0 Å². The minimum absolute atomic E-state index is 0.169. The van der Waals surface area contributed by atoms with E-state index in [-0.39, 0.29) is 5.91 Å². The Bertz CT molecular complexity index is 835. The van der Waals surface area contributed by atoms with Crippen LogP contribution in [0.25, 0.3) is 0 Å². The molecule has 0 aliphatic heterocycles. The van der Waals surface area contributed by atoms with Crippen LogP contribution in [0.1, 0.15) is 27.6 Å². The zero-order valence-electron chi connectivity index (χ0n) is 14.5. The van der Waals surface area contributed by atoms with Gasteiger partial charge in [0.05, 0.1) is 12.2 Å². The van der Waals surface area contributed by atoms with E-state index in [4.69, 9.17) is 4.74 Å². The predicted octanol–water partition coefficient (Wildman–Crippen LogP) is 4.84. The van der Waals surface area contributed by atoms with E-state index in [0.29, 0.717) is 17.7 Å². The molecule has 0 aliphatic rings. The average Bonchev–Trinajstić information content (AvgIpc) is 2.70. The van der Waals surface area contributed by atoms with Gasteiger partial charge < -0.3 is 4.74 Å². The van der Waals surface area contributed by atoms with E-state index in [1.807, 2.05) is 60.7 Å². The molecule has 0 heterocycles. The highest BCUT2D eigenvalue weighted by atomic mass is 16.5. The van der Waals surface area contributed by atoms with Gasteiger partial charge in [0.1, 0.15) is 0 Å². The van der Waals surface area contributed by atoms with Crippen LogP contribution in [0.15, 0.2) is 84.9 Å². The first-order valence-corrected chi connectivity index (χ1v) is 8.42. The van der Waals surface area contributed by atoms with Crippen molar-refractivity contribution in [2.45, 2.75) is 6.92 Å². The van der Waals surface area contributed by atoms with Crippen LogP contribution in [0.5, 0.6) is 0 Å². The molecule has 0 saturated heterocycles. The van der Waals surface area contributed by atoms with E-state index in [1.54, 1.807) is 36.1 Å². The van der Waals surface area contributed by atoms with Gasteiger partial charge in [0, 0.05) is 16.9 Å². The van der Waals surface area contributed by atoms with Crippen molar-refractivity contribution in [3.63, 3.8) is 0 Å². The standard InChI is InChI=1S/C22H19NO3/c1-2-26-22(25)18-15-13-17(14-16-18)21(24)23(19-9-5-3-6-10-19)20-11-7-4-8-12-20/h3-16H,2H2,1H3. The van der Waals surface area contributed by atoms with Crippen LogP contribution in [0, 0.1) is 0 Å². The molecule has 0 bridgehead atoms. The molecule has 0 N–H and O–H groups in total. The fourth-order valence-corrected chi connectivity index (χ4v) is 2.63. The molecule has 4 nitrogen and oxygen atoms in total. The van der Waals surface area contributed by atoms with E-state index >= 15 is 0 Å². The monoisotopic (exact) mass is 345 g/mol. The fourth-order valence-electron chi connectivity index (χ4n) is 2.63. The smallest absolute Gasteiger partial charge is 0.338 e. The minimum atomic E-state index is -0.394. The lowest BCUT2D eigenvalue weighted by Crippen LogP contribution is -2.25. The number of ether oxygens (including phenoxy) is 1. The molecular weight excluding hydrogens is 326 g/mol. The van der Waals surface area contributed by atoms with Crippen LogP contribution in [0.4, 0.5) is 11.4 Å². The van der Waals surface area contributed by atoms with Crippen LogP contribution >= 0.6 is 0 Å². The van der Waals surface area contributed by atoms with E-state index in [2.05, 4.69) is 0 Å². The Morgan fingerprint density at radius 3 is 1.65 bits per heavy atom. The summed E-state index contributed by atoms with van der Waals surface area (Å²) in [6.07, 6.45) is 0. The van der Waals surface area contributed by atoms with Gasteiger partial charge in [0.15, 0.2) is 0 Å². The van der Waals surface area contributed by atoms with Crippen molar-refractivity contribution in [1.29, 1.82) is 0 Å². The molecule has 130 valence electrons. The lowest BCUT2D eigenvalue weighted by molar-refractivity contribution is 0.0526. The second kappa shape index (κ2) is 8.12. The van der Waals surface area contributed by atoms with Gasteiger partial charge >= 0.3 is 5.97 Å². The maximum Gasteiger partial charge on any atom is 0.338 e. The highest BCUT2D eigenvalue weighted by molar-refractivity contribution is 6.11. The van der Waals surface area contributed by atoms with Crippen molar-refractivity contribution < 1.29 is 14.3 Å². The summed E-state index contributed by atoms with van der Waals surface area (Å²) in [5.74, 6) is -0.563. The number of esters is 1. The van der Waals surface area contributed by atoms with Crippen molar-refractivity contribution in [3.05, 3.63) is 96.1 Å². The zero-order chi connectivity index (χ0) is 18.4. The highest BCUT2D eigenvalue weighted by Crippen LogP contribution is 2.27. The number of carbonyl (C=O) groups excluding carboxylic acids is 2. The van der Waals surface area contributed by atoms with Gasteiger partial charge in [-0.05, 0) is 55.5 Å². The van der Waals surface area contributed by atoms with Gasteiger partial charge in [-0.1, -0.05) is 36.4 Å². The molecule has 0 aromatic heterocycles. The molecule has 0 atom stereocenters. The molecule has 3 rings (SSSR count). The zero-order valence-corrected chi connectivity index (χ0v) is 14.5. The van der Waals surface area contributed by atoms with Crippen molar-refractivity contribution in [2.24, 2.45) is 0 Å². The maximum absolute atomic E-state index is 13.2. The SMILES string of the molecule is CCOC(=O)c1ccc(C(=O)N(c2ccccc2)c2ccccc2)cc1. The molecular formula is C22H19NO3. The lowest BCUT2D eigenvalue weighted by atomic mass is 10.1. The third-order valence-electron chi connectivity index (χ3n) is 3.87. The van der Waals surface area contributed by atoms with Crippen LogP contribution in [0.2, 0.25) is 0 Å². The third-order valence-corrected chi connectivity index (χ3v) is 3.87. The van der Waals surface area contributed by atoms with E-state index < -0.39 is 5.97 Å². The molecule has 4 heteroatoms. The van der Waals surface area contributed by atoms with Crippen LogP contribution in [-0.4, -0.2) is 18.5 Å². The quantitative estimate of drug-likeness (QED) is 0.622. The fraction of sp³-hybridized carbons (Fsp3) is 0.0909. The van der Waals surface area contributed by atoms with E-state index in [0.717, 1.165) is 11.4 Å². The molecule has 0 spiro atoms. The van der Waals surface area contributed by atoms with Crippen molar-refractivity contribution in [2.75, 3.05) is 11.5 Å². The molecule has 0 aliphatic carbocycles. The van der Waals surface area contributed by atoms with Crippen molar-refractivity contribution in [3.8, 4) is 0 Å². The first-order valence-electron chi connectivity index (χ1n) is 8.42. The maximum atomic E-state index is 13.2. The largest absolute Gasteiger partial charge is 0.462 e. The minimum Gasteiger partial charge on any atom is -0.462 e. The van der Waals surface area contributed by atoms with Gasteiger partial charge in [-0.25, -0.2) is 4.79 Å². The number of hydrogen-bond acceptors (Lipinski definition) is 3. The first-order chi connectivity index (χ1) is 12.7. The Balaban J connectivity index is 1.95. The summed E-state index contributed by atoms with van der Waals surface area (Å²) in [7, 11) is 0. The van der Waals surface area contributed by atoms with Gasteiger partial charge in [-0.15, -0.1) is 0 Å². The number of carbonyl (C=O) groups is 2. The second-order valence-corrected chi connectivity index (χ2v) is 5.61. The Morgan fingerprint density at radius 1 is 0.731 bits per heavy atom.